The molecule has 2 aromatic carbocycles. The van der Waals surface area contributed by atoms with E-state index in [0.29, 0.717) is 36.7 Å². The van der Waals surface area contributed by atoms with E-state index in [0.717, 1.165) is 5.56 Å². The van der Waals surface area contributed by atoms with Gasteiger partial charge in [-0.2, -0.15) is 0 Å². The van der Waals surface area contributed by atoms with Gasteiger partial charge in [-0.25, -0.2) is 0 Å². The molecule has 0 bridgehead atoms. The van der Waals surface area contributed by atoms with Crippen LogP contribution in [-0.2, 0) is 20.9 Å². The maximum Gasteiger partial charge on any atom is 0.573 e. The number of hydrogen-bond donors (Lipinski definition) is 2. The molecule has 0 spiro atoms. The standard InChI is InChI=1S/C21H25F3N2O3.2CH2O/c1-4-28-19-12-17(26-20(27)10-14(2)3)9-8-15(19)13-25-16-6-5-7-18(11-16)29-21(22,23)24;2*1-2/h5-9,11-12,14,25H,4,10,13H2,1-3H3,(H,26,27);2*1H2. The van der Waals surface area contributed by atoms with Crippen LogP contribution in [0.4, 0.5) is 24.5 Å². The van der Waals surface area contributed by atoms with Crippen LogP contribution in [0.2, 0.25) is 0 Å². The summed E-state index contributed by atoms with van der Waals surface area (Å²) in [5.74, 6) is 0.470. The molecule has 0 fully saturated rings. The molecule has 0 heterocycles. The first-order chi connectivity index (χ1) is 15.7. The molecule has 10 heteroatoms. The quantitative estimate of drug-likeness (QED) is 0.523. The van der Waals surface area contributed by atoms with Gasteiger partial charge in [0, 0.05) is 42.0 Å². The summed E-state index contributed by atoms with van der Waals surface area (Å²) in [7, 11) is 0. The molecule has 7 nitrogen and oxygen atoms in total. The molecule has 0 atom stereocenters. The zero-order valence-electron chi connectivity index (χ0n) is 18.8. The predicted molar refractivity (Wildman–Crippen MR) is 120 cm³/mol. The first kappa shape index (κ1) is 29.4. The molecule has 2 N–H and O–H groups in total. The lowest BCUT2D eigenvalue weighted by molar-refractivity contribution is -0.274. The average molecular weight is 470 g/mol. The fourth-order valence-corrected chi connectivity index (χ4v) is 2.65. The first-order valence-electron chi connectivity index (χ1n) is 9.89. The maximum atomic E-state index is 12.4. The van der Waals surface area contributed by atoms with Gasteiger partial charge in [0.05, 0.1) is 6.61 Å². The molecule has 1 amide bonds. The van der Waals surface area contributed by atoms with Gasteiger partial charge < -0.3 is 29.7 Å². The van der Waals surface area contributed by atoms with E-state index in [-0.39, 0.29) is 17.6 Å². The van der Waals surface area contributed by atoms with E-state index in [4.69, 9.17) is 14.3 Å². The van der Waals surface area contributed by atoms with E-state index in [1.807, 2.05) is 34.3 Å². The molecule has 0 aliphatic carbocycles. The number of carbonyl (C=O) groups is 3. The molecule has 0 radical (unpaired) electrons. The van der Waals surface area contributed by atoms with E-state index >= 15 is 0 Å². The van der Waals surface area contributed by atoms with Crippen LogP contribution >= 0.6 is 0 Å². The molecule has 2 aromatic rings. The molecule has 0 aromatic heterocycles. The second-order valence-electron chi connectivity index (χ2n) is 6.83. The van der Waals surface area contributed by atoms with Crippen molar-refractivity contribution in [3.8, 4) is 11.5 Å². The van der Waals surface area contributed by atoms with E-state index in [2.05, 4.69) is 15.4 Å². The summed E-state index contributed by atoms with van der Waals surface area (Å²) in [6.45, 7) is 10.5. The Labute approximate surface area is 191 Å². The minimum absolute atomic E-state index is 0.0743. The summed E-state index contributed by atoms with van der Waals surface area (Å²) < 4.78 is 46.7. The van der Waals surface area contributed by atoms with E-state index in [1.165, 1.54) is 18.2 Å². The second-order valence-corrected chi connectivity index (χ2v) is 6.83. The third-order valence-electron chi connectivity index (χ3n) is 3.79. The van der Waals surface area contributed by atoms with Crippen molar-refractivity contribution in [3.63, 3.8) is 0 Å². The number of anilines is 2. The van der Waals surface area contributed by atoms with Crippen molar-refractivity contribution in [2.45, 2.75) is 40.1 Å². The first-order valence-corrected chi connectivity index (χ1v) is 9.89. The fourth-order valence-electron chi connectivity index (χ4n) is 2.65. The zero-order valence-corrected chi connectivity index (χ0v) is 18.8. The van der Waals surface area contributed by atoms with Crippen LogP contribution < -0.4 is 20.1 Å². The van der Waals surface area contributed by atoms with E-state index in [9.17, 15) is 18.0 Å². The van der Waals surface area contributed by atoms with Crippen LogP contribution in [0.3, 0.4) is 0 Å². The molecule has 0 saturated heterocycles. The van der Waals surface area contributed by atoms with Crippen LogP contribution in [0.5, 0.6) is 11.5 Å². The van der Waals surface area contributed by atoms with Crippen molar-refractivity contribution in [1.82, 2.24) is 0 Å². The number of ether oxygens (including phenoxy) is 2. The summed E-state index contributed by atoms with van der Waals surface area (Å²) in [6, 6.07) is 10.9. The third kappa shape index (κ3) is 12.2. The van der Waals surface area contributed by atoms with Crippen LogP contribution in [0.1, 0.15) is 32.8 Å². The number of alkyl halides is 3. The molecular formula is C23H29F3N2O5. The van der Waals surface area contributed by atoms with Gasteiger partial charge in [0.1, 0.15) is 25.1 Å². The smallest absolute Gasteiger partial charge is 0.493 e. The number of carbonyl (C=O) groups excluding carboxylic acids is 3. The Morgan fingerprint density at radius 3 is 2.27 bits per heavy atom. The largest absolute Gasteiger partial charge is 0.573 e. The SMILES string of the molecule is C=O.C=O.CCOc1cc(NC(=O)CC(C)C)ccc1CNc1cccc(OC(F)(F)F)c1. The van der Waals surface area contributed by atoms with E-state index < -0.39 is 6.36 Å². The molecule has 182 valence electrons. The van der Waals surface area contributed by atoms with Gasteiger partial charge in [0.15, 0.2) is 0 Å². The summed E-state index contributed by atoms with van der Waals surface area (Å²) >= 11 is 0. The summed E-state index contributed by atoms with van der Waals surface area (Å²) in [4.78, 5) is 28.0. The van der Waals surface area contributed by atoms with Gasteiger partial charge in [-0.15, -0.1) is 13.2 Å². The minimum Gasteiger partial charge on any atom is -0.493 e. The molecule has 0 unspecified atom stereocenters. The number of nitrogens with one attached hydrogen (secondary N) is 2. The Balaban J connectivity index is 0.00000242. The Bertz CT molecular complexity index is 858. The molecule has 0 saturated carbocycles. The topological polar surface area (TPSA) is 93.7 Å². The highest BCUT2D eigenvalue weighted by Crippen LogP contribution is 2.27. The Morgan fingerprint density at radius 2 is 1.70 bits per heavy atom. The molecular weight excluding hydrogens is 441 g/mol. The zero-order chi connectivity index (χ0) is 25.4. The Hall–Kier alpha value is -3.56. The number of hydrogen-bond acceptors (Lipinski definition) is 6. The molecule has 0 aliphatic rings. The predicted octanol–water partition coefficient (Wildman–Crippen LogP) is 5.21. The average Bonchev–Trinajstić information content (AvgIpc) is 2.75. The molecule has 2 rings (SSSR count). The molecule has 0 aliphatic heterocycles. The normalized spacial score (nSPS) is 10.2. The summed E-state index contributed by atoms with van der Waals surface area (Å²) in [5, 5.41) is 5.90. The van der Waals surface area contributed by atoms with Crippen LogP contribution in [0.25, 0.3) is 0 Å². The van der Waals surface area contributed by atoms with Crippen molar-refractivity contribution in [1.29, 1.82) is 0 Å². The monoisotopic (exact) mass is 470 g/mol. The highest BCUT2D eigenvalue weighted by Gasteiger charge is 2.31. The van der Waals surface area contributed by atoms with E-state index in [1.54, 1.807) is 24.3 Å². The van der Waals surface area contributed by atoms with Crippen molar-refractivity contribution in [2.24, 2.45) is 5.92 Å². The summed E-state index contributed by atoms with van der Waals surface area (Å²) in [6.07, 6.45) is -4.32. The van der Waals surface area contributed by atoms with Gasteiger partial charge in [0.25, 0.3) is 0 Å². The van der Waals surface area contributed by atoms with Crippen LogP contribution in [0.15, 0.2) is 42.5 Å². The molecule has 33 heavy (non-hydrogen) atoms. The van der Waals surface area contributed by atoms with Crippen molar-refractivity contribution >= 4 is 30.9 Å². The fraction of sp³-hybridized carbons (Fsp3) is 0.348. The van der Waals surface area contributed by atoms with Crippen LogP contribution in [-0.4, -0.2) is 32.5 Å². The summed E-state index contributed by atoms with van der Waals surface area (Å²) in [5.41, 5.74) is 1.91. The number of benzene rings is 2. The lowest BCUT2D eigenvalue weighted by Gasteiger charge is -2.15. The lowest BCUT2D eigenvalue weighted by atomic mass is 10.1. The van der Waals surface area contributed by atoms with Gasteiger partial charge >= 0.3 is 6.36 Å². The minimum atomic E-state index is -4.74. The van der Waals surface area contributed by atoms with Gasteiger partial charge in [-0.05, 0) is 31.0 Å². The Morgan fingerprint density at radius 1 is 1.03 bits per heavy atom. The Kier molecular flexibility index (Phi) is 13.6. The number of rotatable bonds is 9. The third-order valence-corrected chi connectivity index (χ3v) is 3.79. The highest BCUT2D eigenvalue weighted by atomic mass is 19.4. The van der Waals surface area contributed by atoms with Crippen molar-refractivity contribution < 1.29 is 37.0 Å². The highest BCUT2D eigenvalue weighted by molar-refractivity contribution is 5.91. The van der Waals surface area contributed by atoms with Gasteiger partial charge in [-0.3, -0.25) is 4.79 Å². The van der Waals surface area contributed by atoms with Gasteiger partial charge in [0.2, 0.25) is 5.91 Å². The number of amides is 1. The lowest BCUT2D eigenvalue weighted by Crippen LogP contribution is -2.17. The van der Waals surface area contributed by atoms with Gasteiger partial charge in [-0.1, -0.05) is 26.0 Å². The van der Waals surface area contributed by atoms with Crippen LogP contribution in [0, 0.1) is 5.92 Å². The maximum absolute atomic E-state index is 12.4. The van der Waals surface area contributed by atoms with Crippen molar-refractivity contribution in [3.05, 3.63) is 48.0 Å². The second kappa shape index (κ2) is 15.3. The van der Waals surface area contributed by atoms with Crippen molar-refractivity contribution in [2.75, 3.05) is 17.2 Å². The number of halogens is 3.